The van der Waals surface area contributed by atoms with E-state index in [4.69, 9.17) is 0 Å². The summed E-state index contributed by atoms with van der Waals surface area (Å²) in [6.07, 6.45) is 3.60. The van der Waals surface area contributed by atoms with Crippen LogP contribution < -0.4 is 5.69 Å². The molecule has 0 saturated heterocycles. The molecule has 1 aromatic carbocycles. The number of para-hydroxylation sites is 2. The van der Waals surface area contributed by atoms with Gasteiger partial charge in [-0.3, -0.25) is 9.55 Å². The zero-order valence-corrected chi connectivity index (χ0v) is 10.1. The maximum atomic E-state index is 11.9. The van der Waals surface area contributed by atoms with Crippen LogP contribution in [0.4, 0.5) is 0 Å². The second-order valence-corrected chi connectivity index (χ2v) is 4.40. The fourth-order valence-corrected chi connectivity index (χ4v) is 2.15. The van der Waals surface area contributed by atoms with Crippen molar-refractivity contribution in [3.8, 4) is 0 Å². The van der Waals surface area contributed by atoms with Gasteiger partial charge in [-0.15, -0.1) is 0 Å². The van der Waals surface area contributed by atoms with E-state index in [9.17, 15) is 4.79 Å². The Bertz CT molecular complexity index is 755. The van der Waals surface area contributed by atoms with Crippen molar-refractivity contribution < 1.29 is 0 Å². The first kappa shape index (κ1) is 10.8. The lowest BCUT2D eigenvalue weighted by Crippen LogP contribution is -2.17. The molecule has 4 nitrogen and oxygen atoms in total. The number of nitrogens with zero attached hydrogens (tertiary/aromatic N) is 2. The van der Waals surface area contributed by atoms with Crippen molar-refractivity contribution >= 4 is 11.0 Å². The number of H-pyrrole nitrogens is 1. The number of benzene rings is 1. The first-order valence-electron chi connectivity index (χ1n) is 5.82. The summed E-state index contributed by atoms with van der Waals surface area (Å²) in [5, 5.41) is 0. The molecule has 0 unspecified atom stereocenters. The van der Waals surface area contributed by atoms with Crippen LogP contribution >= 0.6 is 0 Å². The van der Waals surface area contributed by atoms with Crippen molar-refractivity contribution in [1.82, 2.24) is 14.5 Å². The lowest BCUT2D eigenvalue weighted by atomic mass is 10.2. The van der Waals surface area contributed by atoms with E-state index in [1.807, 2.05) is 43.5 Å². The van der Waals surface area contributed by atoms with Crippen molar-refractivity contribution in [2.24, 2.45) is 0 Å². The lowest BCUT2D eigenvalue weighted by Gasteiger charge is -2.04. The van der Waals surface area contributed by atoms with Crippen LogP contribution in [0.15, 0.2) is 47.5 Å². The molecule has 0 radical (unpaired) electrons. The molecule has 90 valence electrons. The van der Waals surface area contributed by atoms with Gasteiger partial charge in [0.2, 0.25) is 0 Å². The molecule has 3 aromatic rings. The number of aromatic nitrogens is 3. The Morgan fingerprint density at radius 1 is 1.28 bits per heavy atom. The van der Waals surface area contributed by atoms with Gasteiger partial charge in [0.05, 0.1) is 17.6 Å². The smallest absolute Gasteiger partial charge is 0.306 e. The molecular formula is C14H13N3O. The highest BCUT2D eigenvalue weighted by molar-refractivity contribution is 5.75. The lowest BCUT2D eigenvalue weighted by molar-refractivity contribution is 0.782. The summed E-state index contributed by atoms with van der Waals surface area (Å²) in [6, 6.07) is 9.73. The Labute approximate surface area is 104 Å². The first-order chi connectivity index (χ1) is 8.74. The molecule has 3 rings (SSSR count). The summed E-state index contributed by atoms with van der Waals surface area (Å²) in [7, 11) is 0. The normalized spacial score (nSPS) is 10.9. The fourth-order valence-electron chi connectivity index (χ4n) is 2.15. The topological polar surface area (TPSA) is 50.7 Å². The van der Waals surface area contributed by atoms with Crippen LogP contribution in [0.3, 0.4) is 0 Å². The van der Waals surface area contributed by atoms with Crippen LogP contribution in [0.25, 0.3) is 11.0 Å². The third-order valence-electron chi connectivity index (χ3n) is 2.95. The molecule has 0 spiro atoms. The van der Waals surface area contributed by atoms with Gasteiger partial charge in [0, 0.05) is 12.4 Å². The standard InChI is InChI=1S/C14H13N3O/c1-10-6-11(8-15-7-10)9-17-13-5-3-2-4-12(13)16-14(17)18/h2-8H,9H2,1H3,(H,16,18). The van der Waals surface area contributed by atoms with Crippen molar-refractivity contribution in [3.63, 3.8) is 0 Å². The Hall–Kier alpha value is -2.36. The molecule has 0 amide bonds. The zero-order chi connectivity index (χ0) is 12.5. The minimum atomic E-state index is -0.0855. The van der Waals surface area contributed by atoms with Gasteiger partial charge in [-0.1, -0.05) is 18.2 Å². The van der Waals surface area contributed by atoms with Crippen molar-refractivity contribution in [3.05, 3.63) is 64.3 Å². The van der Waals surface area contributed by atoms with E-state index in [1.54, 1.807) is 10.8 Å². The Kier molecular flexibility index (Phi) is 2.48. The number of aromatic amines is 1. The third-order valence-corrected chi connectivity index (χ3v) is 2.95. The van der Waals surface area contributed by atoms with Gasteiger partial charge in [0.1, 0.15) is 0 Å². The molecule has 4 heteroatoms. The molecule has 0 atom stereocenters. The quantitative estimate of drug-likeness (QED) is 0.744. The molecular weight excluding hydrogens is 226 g/mol. The van der Waals surface area contributed by atoms with E-state index < -0.39 is 0 Å². The van der Waals surface area contributed by atoms with Gasteiger partial charge < -0.3 is 4.98 Å². The predicted octanol–water partition coefficient (Wildman–Crippen LogP) is 2.08. The number of pyridine rings is 1. The Balaban J connectivity index is 2.10. The van der Waals surface area contributed by atoms with Gasteiger partial charge in [-0.2, -0.15) is 0 Å². The van der Waals surface area contributed by atoms with Crippen LogP contribution in [0.2, 0.25) is 0 Å². The SMILES string of the molecule is Cc1cncc(Cn2c(=O)[nH]c3ccccc32)c1. The summed E-state index contributed by atoms with van der Waals surface area (Å²) >= 11 is 0. The van der Waals surface area contributed by atoms with Gasteiger partial charge in [-0.05, 0) is 30.2 Å². The van der Waals surface area contributed by atoms with Crippen molar-refractivity contribution in [1.29, 1.82) is 0 Å². The molecule has 0 aliphatic heterocycles. The minimum Gasteiger partial charge on any atom is -0.306 e. The summed E-state index contributed by atoms with van der Waals surface area (Å²) in [4.78, 5) is 18.9. The van der Waals surface area contributed by atoms with Gasteiger partial charge in [0.25, 0.3) is 0 Å². The molecule has 0 aliphatic carbocycles. The van der Waals surface area contributed by atoms with E-state index >= 15 is 0 Å². The number of hydrogen-bond acceptors (Lipinski definition) is 2. The van der Waals surface area contributed by atoms with E-state index in [0.29, 0.717) is 6.54 Å². The van der Waals surface area contributed by atoms with Crippen LogP contribution in [0.1, 0.15) is 11.1 Å². The van der Waals surface area contributed by atoms with E-state index in [1.165, 1.54) is 0 Å². The summed E-state index contributed by atoms with van der Waals surface area (Å²) in [5.41, 5.74) is 3.83. The third kappa shape index (κ3) is 1.82. The molecule has 1 N–H and O–H groups in total. The maximum absolute atomic E-state index is 11.9. The Morgan fingerprint density at radius 2 is 2.11 bits per heavy atom. The van der Waals surface area contributed by atoms with Gasteiger partial charge in [0.15, 0.2) is 0 Å². The number of aryl methyl sites for hydroxylation is 1. The number of hydrogen-bond donors (Lipinski definition) is 1. The molecule has 0 fully saturated rings. The highest BCUT2D eigenvalue weighted by Gasteiger charge is 2.06. The van der Waals surface area contributed by atoms with E-state index in [2.05, 4.69) is 9.97 Å². The second-order valence-electron chi connectivity index (χ2n) is 4.40. The van der Waals surface area contributed by atoms with Crippen molar-refractivity contribution in [2.75, 3.05) is 0 Å². The van der Waals surface area contributed by atoms with Gasteiger partial charge in [-0.25, -0.2) is 4.79 Å². The van der Waals surface area contributed by atoms with Gasteiger partial charge >= 0.3 is 5.69 Å². The number of imidazole rings is 1. The Morgan fingerprint density at radius 3 is 2.94 bits per heavy atom. The largest absolute Gasteiger partial charge is 0.326 e. The summed E-state index contributed by atoms with van der Waals surface area (Å²) in [6.45, 7) is 2.53. The predicted molar refractivity (Wildman–Crippen MR) is 70.6 cm³/mol. The molecule has 2 heterocycles. The van der Waals surface area contributed by atoms with Crippen LogP contribution in [0, 0.1) is 6.92 Å². The second kappa shape index (κ2) is 4.14. The van der Waals surface area contributed by atoms with E-state index in [0.717, 1.165) is 22.2 Å². The number of fused-ring (bicyclic) bond motifs is 1. The highest BCUT2D eigenvalue weighted by atomic mass is 16.1. The summed E-state index contributed by atoms with van der Waals surface area (Å²) < 4.78 is 1.73. The number of nitrogens with one attached hydrogen (secondary N) is 1. The highest BCUT2D eigenvalue weighted by Crippen LogP contribution is 2.11. The number of rotatable bonds is 2. The average molecular weight is 239 g/mol. The molecule has 0 bridgehead atoms. The van der Waals surface area contributed by atoms with E-state index in [-0.39, 0.29) is 5.69 Å². The van der Waals surface area contributed by atoms with Crippen LogP contribution in [0.5, 0.6) is 0 Å². The minimum absolute atomic E-state index is 0.0855. The monoisotopic (exact) mass is 239 g/mol. The fraction of sp³-hybridized carbons (Fsp3) is 0.143. The van der Waals surface area contributed by atoms with Crippen LogP contribution in [-0.4, -0.2) is 14.5 Å². The maximum Gasteiger partial charge on any atom is 0.326 e. The molecule has 2 aromatic heterocycles. The molecule has 18 heavy (non-hydrogen) atoms. The first-order valence-corrected chi connectivity index (χ1v) is 5.82. The molecule has 0 saturated carbocycles. The zero-order valence-electron chi connectivity index (χ0n) is 10.1. The molecule has 0 aliphatic rings. The summed E-state index contributed by atoms with van der Waals surface area (Å²) in [5.74, 6) is 0. The van der Waals surface area contributed by atoms with Crippen molar-refractivity contribution in [2.45, 2.75) is 13.5 Å². The average Bonchev–Trinajstić information content (AvgIpc) is 2.66. The van der Waals surface area contributed by atoms with Crippen LogP contribution in [-0.2, 0) is 6.54 Å².